The van der Waals surface area contributed by atoms with E-state index in [-0.39, 0.29) is 11.3 Å². The lowest BCUT2D eigenvalue weighted by atomic mass is 10.1. The Bertz CT molecular complexity index is 1240. The number of amides is 1. The van der Waals surface area contributed by atoms with Crippen molar-refractivity contribution in [3.63, 3.8) is 0 Å². The number of H-pyrrole nitrogens is 1. The van der Waals surface area contributed by atoms with Crippen LogP contribution in [0, 0.1) is 0 Å². The lowest BCUT2D eigenvalue weighted by Gasteiger charge is -2.12. The number of carbonyl (C=O) groups is 1. The van der Waals surface area contributed by atoms with E-state index in [9.17, 15) is 13.2 Å². The number of carbonyl (C=O) groups excluding carboxylic acids is 1. The highest BCUT2D eigenvalue weighted by molar-refractivity contribution is 7.92. The number of nitrogens with zero attached hydrogens (tertiary/aromatic N) is 3. The SMILES string of the molecule is COCCOc1cc(Nc2[nH]nc(-c3ccc(NS(=O)(=O)CCN(C)C)cc3)c2C(N)=O)ccn1. The van der Waals surface area contributed by atoms with Gasteiger partial charge < -0.3 is 25.4 Å². The van der Waals surface area contributed by atoms with E-state index < -0.39 is 15.9 Å². The fourth-order valence-electron chi connectivity index (χ4n) is 3.05. The van der Waals surface area contributed by atoms with Gasteiger partial charge in [0.25, 0.3) is 5.91 Å². The van der Waals surface area contributed by atoms with Crippen molar-refractivity contribution in [3.05, 3.63) is 48.2 Å². The summed E-state index contributed by atoms with van der Waals surface area (Å²) in [5.41, 5.74) is 7.72. The third kappa shape index (κ3) is 7.40. The first-order chi connectivity index (χ1) is 16.7. The molecule has 0 aliphatic rings. The van der Waals surface area contributed by atoms with Gasteiger partial charge in [0.2, 0.25) is 15.9 Å². The number of hydrogen-bond donors (Lipinski definition) is 4. The lowest BCUT2D eigenvalue weighted by molar-refractivity contribution is 0.100. The smallest absolute Gasteiger partial charge is 0.254 e. The molecule has 12 nitrogen and oxygen atoms in total. The van der Waals surface area contributed by atoms with Gasteiger partial charge in [-0.15, -0.1) is 0 Å². The first kappa shape index (κ1) is 25.9. The van der Waals surface area contributed by atoms with E-state index in [1.165, 1.54) is 0 Å². The average molecular weight is 504 g/mol. The Morgan fingerprint density at radius 1 is 1.14 bits per heavy atom. The number of aromatic amines is 1. The Hall–Kier alpha value is -3.68. The summed E-state index contributed by atoms with van der Waals surface area (Å²) in [6.07, 6.45) is 1.56. The summed E-state index contributed by atoms with van der Waals surface area (Å²) in [4.78, 5) is 18.2. The molecule has 0 aliphatic heterocycles. The Morgan fingerprint density at radius 2 is 1.89 bits per heavy atom. The van der Waals surface area contributed by atoms with E-state index in [1.807, 2.05) is 0 Å². The molecular weight excluding hydrogens is 474 g/mol. The summed E-state index contributed by atoms with van der Waals surface area (Å²) in [7, 11) is 1.69. The Balaban J connectivity index is 1.78. The second kappa shape index (κ2) is 11.6. The molecule has 3 aromatic rings. The summed E-state index contributed by atoms with van der Waals surface area (Å²) in [6, 6.07) is 9.88. The third-order valence-corrected chi connectivity index (χ3v) is 6.06. The maximum atomic E-state index is 12.3. The van der Waals surface area contributed by atoms with Crippen molar-refractivity contribution in [2.24, 2.45) is 5.73 Å². The zero-order valence-electron chi connectivity index (χ0n) is 19.7. The number of nitrogens with two attached hydrogens (primary N) is 1. The predicted octanol–water partition coefficient (Wildman–Crippen LogP) is 1.64. The molecule has 0 aliphatic carbocycles. The summed E-state index contributed by atoms with van der Waals surface area (Å²) in [6.45, 7) is 1.16. The Labute approximate surface area is 203 Å². The first-order valence-electron chi connectivity index (χ1n) is 10.7. The molecule has 0 atom stereocenters. The molecule has 0 radical (unpaired) electrons. The molecule has 3 rings (SSSR count). The minimum atomic E-state index is -3.49. The average Bonchev–Trinajstić information content (AvgIpc) is 3.22. The molecule has 1 amide bonds. The quantitative estimate of drug-likeness (QED) is 0.254. The minimum absolute atomic E-state index is 0.0316. The number of rotatable bonds is 13. The fraction of sp³-hybridized carbons (Fsp3) is 0.318. The number of ether oxygens (including phenoxy) is 2. The topological polar surface area (TPSA) is 165 Å². The van der Waals surface area contributed by atoms with Crippen molar-refractivity contribution in [3.8, 4) is 17.1 Å². The molecule has 0 bridgehead atoms. The molecule has 0 saturated heterocycles. The second-order valence-corrected chi connectivity index (χ2v) is 9.68. The predicted molar refractivity (Wildman–Crippen MR) is 133 cm³/mol. The molecular formula is C22H29N7O5S. The van der Waals surface area contributed by atoms with Crippen LogP contribution in [-0.4, -0.2) is 81.1 Å². The van der Waals surface area contributed by atoms with Crippen LogP contribution >= 0.6 is 0 Å². The van der Waals surface area contributed by atoms with Crippen LogP contribution in [0.5, 0.6) is 5.88 Å². The maximum absolute atomic E-state index is 12.3. The van der Waals surface area contributed by atoms with Crippen LogP contribution in [0.1, 0.15) is 10.4 Å². The number of hydrogen-bond acceptors (Lipinski definition) is 9. The number of nitrogens with one attached hydrogen (secondary N) is 3. The van der Waals surface area contributed by atoms with Crippen LogP contribution in [-0.2, 0) is 14.8 Å². The summed E-state index contributed by atoms with van der Waals surface area (Å²) in [5, 5.41) is 10.1. The van der Waals surface area contributed by atoms with Crippen LogP contribution in [0.25, 0.3) is 11.3 Å². The van der Waals surface area contributed by atoms with Gasteiger partial charge in [-0.2, -0.15) is 5.10 Å². The highest BCUT2D eigenvalue weighted by atomic mass is 32.2. The summed E-state index contributed by atoms with van der Waals surface area (Å²) in [5.74, 6) is -0.0304. The maximum Gasteiger partial charge on any atom is 0.254 e. The first-order valence-corrected chi connectivity index (χ1v) is 12.3. The summed E-state index contributed by atoms with van der Waals surface area (Å²) < 4.78 is 37.5. The molecule has 0 fully saturated rings. The monoisotopic (exact) mass is 503 g/mol. The van der Waals surface area contributed by atoms with Crippen molar-refractivity contribution < 1.29 is 22.7 Å². The normalized spacial score (nSPS) is 11.4. The molecule has 188 valence electrons. The van der Waals surface area contributed by atoms with Crippen molar-refractivity contribution >= 4 is 33.1 Å². The van der Waals surface area contributed by atoms with Crippen LogP contribution in [0.3, 0.4) is 0 Å². The van der Waals surface area contributed by atoms with Crippen LogP contribution < -0.4 is 20.5 Å². The van der Waals surface area contributed by atoms with Gasteiger partial charge in [0.05, 0.1) is 12.4 Å². The number of primary amides is 1. The van der Waals surface area contributed by atoms with E-state index in [1.54, 1.807) is 68.7 Å². The highest BCUT2D eigenvalue weighted by Gasteiger charge is 2.20. The van der Waals surface area contributed by atoms with Gasteiger partial charge in [-0.25, -0.2) is 13.4 Å². The van der Waals surface area contributed by atoms with Crippen molar-refractivity contribution in [1.29, 1.82) is 0 Å². The molecule has 13 heteroatoms. The van der Waals surface area contributed by atoms with Crippen molar-refractivity contribution in [2.45, 2.75) is 0 Å². The van der Waals surface area contributed by atoms with E-state index in [2.05, 4.69) is 25.2 Å². The third-order valence-electron chi connectivity index (χ3n) is 4.79. The molecule has 0 spiro atoms. The van der Waals surface area contributed by atoms with E-state index in [0.717, 1.165) is 0 Å². The number of anilines is 3. The largest absolute Gasteiger partial charge is 0.475 e. The van der Waals surface area contributed by atoms with Gasteiger partial charge in [0.1, 0.15) is 23.7 Å². The second-order valence-electron chi connectivity index (χ2n) is 7.84. The van der Waals surface area contributed by atoms with Gasteiger partial charge in [-0.3, -0.25) is 14.6 Å². The molecule has 5 N–H and O–H groups in total. The van der Waals surface area contributed by atoms with Gasteiger partial charge in [0, 0.05) is 42.9 Å². The van der Waals surface area contributed by atoms with Crippen LogP contribution in [0.4, 0.5) is 17.2 Å². The molecule has 2 aromatic heterocycles. The van der Waals surface area contributed by atoms with Crippen molar-refractivity contribution in [2.75, 3.05) is 56.8 Å². The number of sulfonamides is 1. The van der Waals surface area contributed by atoms with Gasteiger partial charge in [-0.1, -0.05) is 12.1 Å². The lowest BCUT2D eigenvalue weighted by Crippen LogP contribution is -2.26. The molecule has 35 heavy (non-hydrogen) atoms. The number of benzene rings is 1. The number of pyridine rings is 1. The number of aromatic nitrogens is 3. The van der Waals surface area contributed by atoms with E-state index >= 15 is 0 Å². The molecule has 0 unspecified atom stereocenters. The van der Waals surface area contributed by atoms with Crippen molar-refractivity contribution in [1.82, 2.24) is 20.1 Å². The van der Waals surface area contributed by atoms with E-state index in [0.29, 0.717) is 54.1 Å². The van der Waals surface area contributed by atoms with Gasteiger partial charge in [0.15, 0.2) is 0 Å². The Morgan fingerprint density at radius 3 is 2.54 bits per heavy atom. The highest BCUT2D eigenvalue weighted by Crippen LogP contribution is 2.30. The zero-order valence-corrected chi connectivity index (χ0v) is 20.6. The Kier molecular flexibility index (Phi) is 8.63. The minimum Gasteiger partial charge on any atom is -0.475 e. The summed E-state index contributed by atoms with van der Waals surface area (Å²) >= 11 is 0. The standard InChI is InChI=1S/C22H29N7O5S/c1-29(2)10-13-35(31,32)28-16-6-4-15(5-7-16)20-19(21(23)30)22(27-26-20)25-17-8-9-24-18(14-17)34-12-11-33-3/h4-9,14,28H,10-13H2,1-3H3,(H2,23,30)(H2,24,25,26,27). The fourth-order valence-corrected chi connectivity index (χ4v) is 4.25. The molecule has 2 heterocycles. The van der Waals surface area contributed by atoms with Crippen LogP contribution in [0.15, 0.2) is 42.6 Å². The molecule has 0 saturated carbocycles. The van der Waals surface area contributed by atoms with Crippen LogP contribution in [0.2, 0.25) is 0 Å². The van der Waals surface area contributed by atoms with Gasteiger partial charge in [-0.05, 0) is 32.3 Å². The molecule has 1 aromatic carbocycles. The number of methoxy groups -OCH3 is 1. The van der Waals surface area contributed by atoms with E-state index in [4.69, 9.17) is 15.2 Å². The van der Waals surface area contributed by atoms with Gasteiger partial charge >= 0.3 is 0 Å². The zero-order chi connectivity index (χ0) is 25.4.